The molecule has 0 bridgehead atoms. The molecule has 0 heterocycles. The molecule has 7 heteroatoms. The zero-order valence-corrected chi connectivity index (χ0v) is 13.7. The van der Waals surface area contributed by atoms with Gasteiger partial charge in [0.2, 0.25) is 0 Å². The summed E-state index contributed by atoms with van der Waals surface area (Å²) in [6.45, 7) is 0.309. The van der Waals surface area contributed by atoms with Crippen molar-refractivity contribution in [1.82, 2.24) is 0 Å². The second-order valence-corrected chi connectivity index (χ2v) is 6.41. The molecule has 2 N–H and O–H groups in total. The first-order valence-corrected chi connectivity index (χ1v) is 8.30. The molecule has 1 saturated carbocycles. The first-order chi connectivity index (χ1) is 11.5. The summed E-state index contributed by atoms with van der Waals surface area (Å²) in [6, 6.07) is 6.57. The normalized spacial score (nSPS) is 16.9. The highest BCUT2D eigenvalue weighted by Gasteiger charge is 2.32. The lowest BCUT2D eigenvalue weighted by Crippen LogP contribution is -2.34. The monoisotopic (exact) mass is 336 g/mol. The van der Waals surface area contributed by atoms with Crippen LogP contribution < -0.4 is 10.5 Å². The van der Waals surface area contributed by atoms with Gasteiger partial charge in [-0.2, -0.15) is 0 Å². The Labute approximate surface area is 141 Å². The summed E-state index contributed by atoms with van der Waals surface area (Å²) in [5.74, 6) is 0.0555. The third-order valence-electron chi connectivity index (χ3n) is 4.58. The third-order valence-corrected chi connectivity index (χ3v) is 4.58. The van der Waals surface area contributed by atoms with E-state index < -0.39 is 5.09 Å². The van der Waals surface area contributed by atoms with Gasteiger partial charge in [0.25, 0.3) is 5.09 Å². The van der Waals surface area contributed by atoms with Gasteiger partial charge in [-0.1, -0.05) is 37.8 Å². The Morgan fingerprint density at radius 1 is 1.25 bits per heavy atom. The predicted octanol–water partition coefficient (Wildman–Crippen LogP) is 2.99. The molecule has 0 unspecified atom stereocenters. The average Bonchev–Trinajstić information content (AvgIpc) is 2.79. The fourth-order valence-corrected chi connectivity index (χ4v) is 3.23. The van der Waals surface area contributed by atoms with Gasteiger partial charge in [-0.05, 0) is 42.5 Å². The molecule has 0 saturated heterocycles. The van der Waals surface area contributed by atoms with Crippen LogP contribution in [0.1, 0.15) is 50.5 Å². The van der Waals surface area contributed by atoms with Crippen LogP contribution >= 0.6 is 0 Å². The fraction of sp³-hybridized carbons (Fsp3) is 0.588. The molecule has 1 aliphatic carbocycles. The van der Waals surface area contributed by atoms with E-state index in [0.29, 0.717) is 24.3 Å². The van der Waals surface area contributed by atoms with Crippen molar-refractivity contribution in [3.63, 3.8) is 0 Å². The van der Waals surface area contributed by atoms with E-state index in [4.69, 9.17) is 10.5 Å². The van der Waals surface area contributed by atoms with Gasteiger partial charge in [0.15, 0.2) is 0 Å². The van der Waals surface area contributed by atoms with Crippen LogP contribution in [0.4, 0.5) is 0 Å². The molecular weight excluding hydrogens is 312 g/mol. The minimum Gasteiger partial charge on any atom is -0.427 e. The quantitative estimate of drug-likeness (QED) is 0.270. The lowest BCUT2D eigenvalue weighted by molar-refractivity contribution is -0.763. The van der Waals surface area contributed by atoms with Crippen molar-refractivity contribution in [2.75, 3.05) is 6.54 Å². The molecule has 7 nitrogen and oxygen atoms in total. The average molecular weight is 336 g/mol. The first-order valence-electron chi connectivity index (χ1n) is 8.30. The van der Waals surface area contributed by atoms with E-state index in [2.05, 4.69) is 4.84 Å². The van der Waals surface area contributed by atoms with Gasteiger partial charge < -0.3 is 15.3 Å². The molecule has 1 aromatic rings. The van der Waals surface area contributed by atoms with Gasteiger partial charge >= 0.3 is 5.97 Å². The molecule has 0 amide bonds. The maximum atomic E-state index is 12.3. The largest absolute Gasteiger partial charge is 0.427 e. The zero-order valence-electron chi connectivity index (χ0n) is 13.7. The minimum atomic E-state index is -0.851. The summed E-state index contributed by atoms with van der Waals surface area (Å²) < 4.78 is 5.41. The number of esters is 1. The molecule has 1 aromatic carbocycles. The third kappa shape index (κ3) is 5.49. The van der Waals surface area contributed by atoms with Gasteiger partial charge in [-0.3, -0.25) is 4.79 Å². The Bertz CT molecular complexity index is 568. The highest BCUT2D eigenvalue weighted by molar-refractivity contribution is 5.73. The second kappa shape index (κ2) is 8.63. The summed E-state index contributed by atoms with van der Waals surface area (Å²) in [5.41, 5.74) is 6.36. The highest BCUT2D eigenvalue weighted by Crippen LogP contribution is 2.37. The molecule has 1 aliphatic rings. The van der Waals surface area contributed by atoms with Crippen molar-refractivity contribution < 1.29 is 19.5 Å². The Kier molecular flexibility index (Phi) is 6.54. The minimum absolute atomic E-state index is 0.167. The van der Waals surface area contributed by atoms with Gasteiger partial charge in [0, 0.05) is 0 Å². The number of hydrogen-bond donors (Lipinski definition) is 1. The number of ether oxygens (including phenoxy) is 1. The Morgan fingerprint density at radius 2 is 1.96 bits per heavy atom. The maximum absolute atomic E-state index is 12.3. The van der Waals surface area contributed by atoms with E-state index >= 15 is 0 Å². The molecule has 0 radical (unpaired) electrons. The van der Waals surface area contributed by atoms with E-state index in [9.17, 15) is 14.9 Å². The zero-order chi connectivity index (χ0) is 17.4. The van der Waals surface area contributed by atoms with E-state index in [0.717, 1.165) is 25.7 Å². The molecule has 0 aliphatic heterocycles. The molecule has 24 heavy (non-hydrogen) atoms. The number of carbonyl (C=O) groups is 1. The number of rotatable bonds is 7. The van der Waals surface area contributed by atoms with E-state index in [1.54, 1.807) is 24.3 Å². The number of carbonyl (C=O) groups excluding carboxylic acids is 1. The summed E-state index contributed by atoms with van der Waals surface area (Å²) in [4.78, 5) is 26.9. The van der Waals surface area contributed by atoms with Crippen molar-refractivity contribution in [3.05, 3.63) is 39.9 Å². The second-order valence-electron chi connectivity index (χ2n) is 6.41. The van der Waals surface area contributed by atoms with Gasteiger partial charge in [0.1, 0.15) is 12.4 Å². The number of hydrogen-bond acceptors (Lipinski definition) is 6. The molecule has 0 atom stereocenters. The van der Waals surface area contributed by atoms with E-state index in [1.165, 1.54) is 12.8 Å². The van der Waals surface area contributed by atoms with Crippen LogP contribution in [0.3, 0.4) is 0 Å². The number of benzene rings is 1. The topological polar surface area (TPSA) is 105 Å². The van der Waals surface area contributed by atoms with Crippen LogP contribution in [-0.2, 0) is 16.2 Å². The Morgan fingerprint density at radius 3 is 2.58 bits per heavy atom. The van der Waals surface area contributed by atoms with Crippen LogP contribution in [-0.4, -0.2) is 17.6 Å². The molecule has 0 spiro atoms. The summed E-state index contributed by atoms with van der Waals surface area (Å²) in [7, 11) is 0. The number of nitrogens with two attached hydrogens (primary N) is 1. The summed E-state index contributed by atoms with van der Waals surface area (Å²) >= 11 is 0. The van der Waals surface area contributed by atoms with E-state index in [-0.39, 0.29) is 18.0 Å². The van der Waals surface area contributed by atoms with Crippen LogP contribution in [0.15, 0.2) is 24.3 Å². The Hall–Kier alpha value is -2.15. The molecular formula is C17H24N2O5. The molecule has 2 rings (SSSR count). The standard InChI is InChI=1S/C17H24N2O5/c18-13-17(8-3-1-2-4-9-17)11-16(20)24-15-7-5-6-14(10-15)12-23-19(21)22/h5-7,10H,1-4,8-9,11-13,18H2. The van der Waals surface area contributed by atoms with E-state index in [1.807, 2.05) is 0 Å². The van der Waals surface area contributed by atoms with Crippen molar-refractivity contribution in [3.8, 4) is 5.75 Å². The maximum Gasteiger partial charge on any atom is 0.311 e. The molecule has 0 aromatic heterocycles. The van der Waals surface area contributed by atoms with Crippen molar-refractivity contribution >= 4 is 5.97 Å². The summed E-state index contributed by atoms with van der Waals surface area (Å²) in [5, 5.41) is 9.39. The fourth-order valence-electron chi connectivity index (χ4n) is 3.23. The summed E-state index contributed by atoms with van der Waals surface area (Å²) in [6.07, 6.45) is 6.78. The SMILES string of the molecule is NCC1(CC(=O)Oc2cccc(CO[N+](=O)[O-])c2)CCCCCC1. The lowest BCUT2D eigenvalue weighted by Gasteiger charge is -2.30. The number of nitrogens with zero attached hydrogens (tertiary/aromatic N) is 1. The van der Waals surface area contributed by atoms with Gasteiger partial charge in [-0.15, -0.1) is 10.1 Å². The van der Waals surface area contributed by atoms with Crippen molar-refractivity contribution in [2.24, 2.45) is 11.1 Å². The van der Waals surface area contributed by atoms with Crippen LogP contribution in [0.5, 0.6) is 5.75 Å². The Balaban J connectivity index is 1.95. The first kappa shape index (κ1) is 18.2. The van der Waals surface area contributed by atoms with Gasteiger partial charge in [-0.25, -0.2) is 0 Å². The molecule has 132 valence electrons. The van der Waals surface area contributed by atoms with Crippen LogP contribution in [0, 0.1) is 15.5 Å². The molecule has 1 fully saturated rings. The lowest BCUT2D eigenvalue weighted by atomic mass is 9.77. The smallest absolute Gasteiger partial charge is 0.311 e. The van der Waals surface area contributed by atoms with Crippen molar-refractivity contribution in [1.29, 1.82) is 0 Å². The van der Waals surface area contributed by atoms with Crippen LogP contribution in [0.2, 0.25) is 0 Å². The predicted molar refractivity (Wildman–Crippen MR) is 87.7 cm³/mol. The highest BCUT2D eigenvalue weighted by atomic mass is 16.9. The van der Waals surface area contributed by atoms with Gasteiger partial charge in [0.05, 0.1) is 6.42 Å². The van der Waals surface area contributed by atoms with Crippen molar-refractivity contribution in [2.45, 2.75) is 51.6 Å². The van der Waals surface area contributed by atoms with Crippen LogP contribution in [0.25, 0.3) is 0 Å².